The van der Waals surface area contributed by atoms with E-state index in [0.29, 0.717) is 0 Å². The minimum atomic E-state index is 0.840. The van der Waals surface area contributed by atoms with E-state index in [0.717, 1.165) is 36.8 Å². The van der Waals surface area contributed by atoms with Crippen molar-refractivity contribution < 1.29 is 0 Å². The van der Waals surface area contributed by atoms with E-state index in [1.54, 1.807) is 0 Å². The van der Waals surface area contributed by atoms with Gasteiger partial charge in [-0.05, 0) is 36.4 Å². The van der Waals surface area contributed by atoms with E-state index >= 15 is 0 Å². The molecule has 0 saturated heterocycles. The van der Waals surface area contributed by atoms with Gasteiger partial charge in [-0.2, -0.15) is 0 Å². The fraction of sp³-hybridized carbons (Fsp3) is 0.200. The molecule has 0 N–H and O–H groups in total. The number of rotatable bonds is 8. The van der Waals surface area contributed by atoms with Crippen molar-refractivity contribution in [1.82, 2.24) is 14.9 Å². The summed E-state index contributed by atoms with van der Waals surface area (Å²) in [5.74, 6) is 1.05. The van der Waals surface area contributed by atoms with Gasteiger partial charge in [-0.3, -0.25) is 14.9 Å². The van der Waals surface area contributed by atoms with Gasteiger partial charge in [-0.1, -0.05) is 30.3 Å². The summed E-state index contributed by atoms with van der Waals surface area (Å²) in [5.41, 5.74) is 2.19. The molecular weight excluding hydrogens is 314 g/mol. The van der Waals surface area contributed by atoms with Gasteiger partial charge in [-0.15, -0.1) is 11.8 Å². The highest BCUT2D eigenvalue weighted by atomic mass is 32.2. The summed E-state index contributed by atoms with van der Waals surface area (Å²) in [5, 5.41) is 0. The third kappa shape index (κ3) is 5.48. The van der Waals surface area contributed by atoms with Crippen LogP contribution < -0.4 is 0 Å². The number of hydrogen-bond acceptors (Lipinski definition) is 4. The fourth-order valence-corrected chi connectivity index (χ4v) is 3.40. The predicted octanol–water partition coefficient (Wildman–Crippen LogP) is 4.27. The second kappa shape index (κ2) is 9.21. The Labute approximate surface area is 147 Å². The molecule has 0 bridgehead atoms. The lowest BCUT2D eigenvalue weighted by molar-refractivity contribution is 0.267. The van der Waals surface area contributed by atoms with Crippen LogP contribution in [0.15, 0.2) is 84.0 Å². The van der Waals surface area contributed by atoms with E-state index in [1.807, 2.05) is 48.4 Å². The van der Waals surface area contributed by atoms with Crippen LogP contribution in [0.1, 0.15) is 11.4 Å². The van der Waals surface area contributed by atoms with Crippen LogP contribution >= 0.6 is 11.8 Å². The first-order chi connectivity index (χ1) is 11.9. The zero-order chi connectivity index (χ0) is 16.5. The molecule has 0 unspecified atom stereocenters. The van der Waals surface area contributed by atoms with Crippen molar-refractivity contribution >= 4 is 11.8 Å². The van der Waals surface area contributed by atoms with Crippen LogP contribution in [0.4, 0.5) is 0 Å². The smallest absolute Gasteiger partial charge is 0.0544 e. The van der Waals surface area contributed by atoms with E-state index in [-0.39, 0.29) is 0 Å². The van der Waals surface area contributed by atoms with Crippen molar-refractivity contribution in [3.05, 3.63) is 90.5 Å². The number of thioether (sulfide) groups is 1. The molecule has 0 fully saturated rings. The molecule has 122 valence electrons. The van der Waals surface area contributed by atoms with Crippen LogP contribution in [-0.2, 0) is 13.1 Å². The van der Waals surface area contributed by atoms with E-state index in [9.17, 15) is 0 Å². The molecule has 3 nitrogen and oxygen atoms in total. The summed E-state index contributed by atoms with van der Waals surface area (Å²) in [6.07, 6.45) is 3.71. The van der Waals surface area contributed by atoms with Crippen molar-refractivity contribution in [3.63, 3.8) is 0 Å². The van der Waals surface area contributed by atoms with E-state index in [4.69, 9.17) is 0 Å². The van der Waals surface area contributed by atoms with Gasteiger partial charge in [0.2, 0.25) is 0 Å². The van der Waals surface area contributed by atoms with Crippen molar-refractivity contribution in [2.75, 3.05) is 12.3 Å². The lowest BCUT2D eigenvalue weighted by atomic mass is 10.3. The van der Waals surface area contributed by atoms with Crippen molar-refractivity contribution in [2.24, 2.45) is 0 Å². The Morgan fingerprint density at radius 1 is 0.708 bits per heavy atom. The molecule has 0 aliphatic carbocycles. The molecular formula is C20H21N3S. The molecule has 3 aromatic rings. The summed E-state index contributed by atoms with van der Waals surface area (Å²) in [6, 6.07) is 22.7. The highest BCUT2D eigenvalue weighted by Gasteiger charge is 2.09. The first-order valence-corrected chi connectivity index (χ1v) is 9.09. The molecule has 0 radical (unpaired) electrons. The minimum absolute atomic E-state index is 0.840. The Morgan fingerprint density at radius 3 is 1.83 bits per heavy atom. The van der Waals surface area contributed by atoms with E-state index in [2.05, 4.69) is 57.3 Å². The molecule has 0 saturated carbocycles. The molecule has 0 spiro atoms. The van der Waals surface area contributed by atoms with E-state index in [1.165, 1.54) is 4.90 Å². The van der Waals surface area contributed by atoms with Crippen LogP contribution in [0.3, 0.4) is 0 Å². The maximum Gasteiger partial charge on any atom is 0.0544 e. The van der Waals surface area contributed by atoms with Crippen LogP contribution in [0.25, 0.3) is 0 Å². The Bertz CT molecular complexity index is 663. The monoisotopic (exact) mass is 335 g/mol. The van der Waals surface area contributed by atoms with Gasteiger partial charge < -0.3 is 0 Å². The van der Waals surface area contributed by atoms with Gasteiger partial charge in [0, 0.05) is 42.7 Å². The molecule has 4 heteroatoms. The second-order valence-electron chi connectivity index (χ2n) is 5.51. The SMILES string of the molecule is c1ccc(SCCN(Cc2ccccn2)Cc2ccccn2)cc1. The Balaban J connectivity index is 1.60. The lowest BCUT2D eigenvalue weighted by Gasteiger charge is -2.21. The third-order valence-corrected chi connectivity index (χ3v) is 4.64. The van der Waals surface area contributed by atoms with Crippen molar-refractivity contribution in [3.8, 4) is 0 Å². The number of benzene rings is 1. The lowest BCUT2D eigenvalue weighted by Crippen LogP contribution is -2.26. The zero-order valence-electron chi connectivity index (χ0n) is 13.6. The van der Waals surface area contributed by atoms with Gasteiger partial charge in [0.1, 0.15) is 0 Å². The molecule has 0 amide bonds. The molecule has 0 aliphatic heterocycles. The van der Waals surface area contributed by atoms with Crippen molar-refractivity contribution in [2.45, 2.75) is 18.0 Å². The van der Waals surface area contributed by atoms with Crippen LogP contribution in [0.5, 0.6) is 0 Å². The van der Waals surface area contributed by atoms with Gasteiger partial charge in [0.15, 0.2) is 0 Å². The van der Waals surface area contributed by atoms with Gasteiger partial charge >= 0.3 is 0 Å². The molecule has 2 heterocycles. The molecule has 1 aromatic carbocycles. The predicted molar refractivity (Wildman–Crippen MR) is 99.8 cm³/mol. The Kier molecular flexibility index (Phi) is 6.40. The first kappa shape index (κ1) is 16.7. The maximum absolute atomic E-state index is 4.46. The Hall–Kier alpha value is -2.17. The summed E-state index contributed by atoms with van der Waals surface area (Å²) >= 11 is 1.89. The average Bonchev–Trinajstić information content (AvgIpc) is 2.64. The van der Waals surface area contributed by atoms with Gasteiger partial charge in [0.05, 0.1) is 11.4 Å². The molecule has 3 rings (SSSR count). The molecule has 2 aromatic heterocycles. The Morgan fingerprint density at radius 2 is 1.29 bits per heavy atom. The average molecular weight is 335 g/mol. The summed E-state index contributed by atoms with van der Waals surface area (Å²) < 4.78 is 0. The number of aromatic nitrogens is 2. The molecule has 24 heavy (non-hydrogen) atoms. The number of nitrogens with zero attached hydrogens (tertiary/aromatic N) is 3. The van der Waals surface area contributed by atoms with Crippen molar-refractivity contribution in [1.29, 1.82) is 0 Å². The quantitative estimate of drug-likeness (QED) is 0.575. The minimum Gasteiger partial charge on any atom is -0.291 e. The first-order valence-electron chi connectivity index (χ1n) is 8.10. The number of hydrogen-bond donors (Lipinski definition) is 0. The van der Waals surface area contributed by atoms with Crippen LogP contribution in [0.2, 0.25) is 0 Å². The van der Waals surface area contributed by atoms with Gasteiger partial charge in [-0.25, -0.2) is 0 Å². The maximum atomic E-state index is 4.46. The summed E-state index contributed by atoms with van der Waals surface area (Å²) in [7, 11) is 0. The van der Waals surface area contributed by atoms with Gasteiger partial charge in [0.25, 0.3) is 0 Å². The zero-order valence-corrected chi connectivity index (χ0v) is 14.4. The molecule has 0 aliphatic rings. The standard InChI is InChI=1S/C20H21N3S/c1-2-10-20(11-3-1)24-15-14-23(16-18-8-4-6-12-21-18)17-19-9-5-7-13-22-19/h1-13H,14-17H2. The topological polar surface area (TPSA) is 29.0 Å². The normalized spacial score (nSPS) is 10.9. The van der Waals surface area contributed by atoms with E-state index < -0.39 is 0 Å². The largest absolute Gasteiger partial charge is 0.291 e. The second-order valence-corrected chi connectivity index (χ2v) is 6.68. The van der Waals surface area contributed by atoms with Crippen LogP contribution in [0, 0.1) is 0 Å². The highest BCUT2D eigenvalue weighted by molar-refractivity contribution is 7.99. The summed E-state index contributed by atoms with van der Waals surface area (Å²) in [4.78, 5) is 12.6. The summed E-state index contributed by atoms with van der Waals surface area (Å²) in [6.45, 7) is 2.67. The third-order valence-electron chi connectivity index (χ3n) is 3.64. The number of pyridine rings is 2. The molecule has 0 atom stereocenters. The highest BCUT2D eigenvalue weighted by Crippen LogP contribution is 2.17. The fourth-order valence-electron chi connectivity index (χ4n) is 2.46. The van der Waals surface area contributed by atoms with Crippen LogP contribution in [-0.4, -0.2) is 27.2 Å².